The molecule has 0 aromatic carbocycles. The van der Waals surface area contributed by atoms with Gasteiger partial charge in [-0.25, -0.2) is 0 Å². The van der Waals surface area contributed by atoms with Crippen LogP contribution in [0.1, 0.15) is 83.1 Å². The molecule has 164 valence electrons. The minimum absolute atomic E-state index is 0.234. The molecule has 0 aromatic heterocycles. The molecule has 0 amide bonds. The molecule has 29 heavy (non-hydrogen) atoms. The van der Waals surface area contributed by atoms with Crippen LogP contribution >= 0.6 is 87.8 Å². The van der Waals surface area contributed by atoms with E-state index in [0.29, 0.717) is 36.3 Å². The van der Waals surface area contributed by atoms with Crippen LogP contribution in [0.4, 0.5) is 0 Å². The van der Waals surface area contributed by atoms with Crippen molar-refractivity contribution in [2.45, 2.75) is 96.8 Å². The van der Waals surface area contributed by atoms with E-state index in [1.54, 1.807) is 0 Å². The van der Waals surface area contributed by atoms with Crippen molar-refractivity contribution in [1.29, 1.82) is 0 Å². The molecule has 6 saturated heterocycles. The number of hydrogen-bond acceptors (Lipinski definition) is 0. The summed E-state index contributed by atoms with van der Waals surface area (Å²) in [5, 5.41) is 2.15. The summed E-state index contributed by atoms with van der Waals surface area (Å²) >= 11 is 6.71. The molecule has 4 bridgehead atoms. The van der Waals surface area contributed by atoms with E-state index in [2.05, 4.69) is 132 Å². The Bertz CT molecular complexity index is 967. The van der Waals surface area contributed by atoms with Crippen LogP contribution in [0, 0.1) is 21.7 Å². The maximum absolute atomic E-state index is 3.36. The normalized spacial score (nSPS) is 58.7. The first kappa shape index (κ1) is 23.4. The summed E-state index contributed by atoms with van der Waals surface area (Å²) in [6, 6.07) is 0. The minimum atomic E-state index is -1.99. The first-order valence-electron chi connectivity index (χ1n) is 10.9. The van der Waals surface area contributed by atoms with Gasteiger partial charge >= 0.3 is 213 Å². The van der Waals surface area contributed by atoms with Crippen molar-refractivity contribution < 1.29 is 0 Å². The quantitative estimate of drug-likeness (QED) is 0.100. The average Bonchev–Trinajstić information content (AvgIpc) is 2.81. The molecule has 8 atom stereocenters. The summed E-state index contributed by atoms with van der Waals surface area (Å²) in [5.41, 5.74) is 2.08. The van der Waals surface area contributed by atoms with Crippen molar-refractivity contribution in [3.63, 3.8) is 0 Å². The van der Waals surface area contributed by atoms with E-state index < -0.39 is 8.51 Å². The van der Waals surface area contributed by atoms with Gasteiger partial charge in [0, 0.05) is 0 Å². The van der Waals surface area contributed by atoms with E-state index in [1.165, 1.54) is 0 Å². The molecular weight excluding hydrogens is 708 g/mol. The summed E-state index contributed by atoms with van der Waals surface area (Å²) in [4.78, 5) is 0. The SMILES string of the molecule is CC(C)(C)C1=P[C@]2(C(C)(C)C)[P@]3[P@]4[P@@]2[C@@]2(C(C)(C)C)[P+]5([P@@]13)[C@]4(C(C)(C)C)[Si-]25(I)I. The van der Waals surface area contributed by atoms with Crippen molar-refractivity contribution in [3.8, 4) is 0 Å². The van der Waals surface area contributed by atoms with Gasteiger partial charge in [-0.15, -0.1) is 0 Å². The number of rotatable bonds is 0. The van der Waals surface area contributed by atoms with Crippen molar-refractivity contribution in [3.05, 3.63) is 0 Å². The second-order valence-electron chi connectivity index (χ2n) is 14.2. The second kappa shape index (κ2) is 5.05. The van der Waals surface area contributed by atoms with Crippen LogP contribution in [0.3, 0.4) is 0 Å². The van der Waals surface area contributed by atoms with Gasteiger partial charge in [0.25, 0.3) is 0 Å². The summed E-state index contributed by atoms with van der Waals surface area (Å²) in [7, 11) is 3.07. The van der Waals surface area contributed by atoms with E-state index in [9.17, 15) is 0 Å². The second-order valence-corrected chi connectivity index (χ2v) is 74.0. The van der Waals surface area contributed by atoms with E-state index in [4.69, 9.17) is 0 Å². The van der Waals surface area contributed by atoms with Crippen LogP contribution in [0.5, 0.6) is 0 Å². The molecule has 7 heterocycles. The fourth-order valence-electron chi connectivity index (χ4n) is 8.57. The zero-order chi connectivity index (χ0) is 22.0. The first-order valence-corrected chi connectivity index (χ1v) is 31.4. The van der Waals surface area contributed by atoms with Gasteiger partial charge in [-0.1, -0.05) is 0 Å². The van der Waals surface area contributed by atoms with Crippen molar-refractivity contribution in [2.75, 3.05) is 0 Å². The molecule has 1 spiro atoms. The summed E-state index contributed by atoms with van der Waals surface area (Å²) < 4.78 is 0.593. The van der Waals surface area contributed by atoms with Gasteiger partial charge in [0.05, 0.1) is 0 Å². The van der Waals surface area contributed by atoms with E-state index in [1.807, 2.05) is 8.20 Å². The molecular formula is C20H36I2P6Si. The van der Waals surface area contributed by atoms with Crippen molar-refractivity contribution in [2.24, 2.45) is 21.7 Å². The van der Waals surface area contributed by atoms with E-state index >= 15 is 0 Å². The van der Waals surface area contributed by atoms with Gasteiger partial charge in [0.1, 0.15) is 0 Å². The molecule has 0 radical (unpaired) electrons. The monoisotopic (exact) mass is 744 g/mol. The molecule has 7 rings (SSSR count). The Balaban J connectivity index is 1.75. The average molecular weight is 744 g/mol. The maximum atomic E-state index is 3.36. The van der Waals surface area contributed by atoms with Crippen LogP contribution in [0.25, 0.3) is 0 Å². The Morgan fingerprint density at radius 3 is 1.62 bits per heavy atom. The fraction of sp³-hybridized carbons (Fsp3) is 0.950. The molecule has 7 aliphatic heterocycles. The molecule has 0 saturated carbocycles. The van der Waals surface area contributed by atoms with Crippen LogP contribution in [-0.2, 0) is 0 Å². The van der Waals surface area contributed by atoms with E-state index in [-0.39, 0.29) is 14.9 Å². The van der Waals surface area contributed by atoms with Gasteiger partial charge in [0.15, 0.2) is 0 Å². The molecule has 0 aliphatic carbocycles. The van der Waals surface area contributed by atoms with Crippen molar-refractivity contribution >= 4 is 94.9 Å². The zero-order valence-electron chi connectivity index (χ0n) is 19.9. The third-order valence-corrected chi connectivity index (χ3v) is 132. The fourth-order valence-corrected chi connectivity index (χ4v) is 269. The molecule has 0 N–H and O–H groups in total. The zero-order valence-corrected chi connectivity index (χ0v) is 30.6. The molecule has 7 aliphatic rings. The van der Waals surface area contributed by atoms with Gasteiger partial charge < -0.3 is 0 Å². The molecule has 9 heteroatoms. The van der Waals surface area contributed by atoms with Gasteiger partial charge in [-0.2, -0.15) is 0 Å². The van der Waals surface area contributed by atoms with Gasteiger partial charge in [-0.3, -0.25) is 0 Å². The number of halogens is 2. The summed E-state index contributed by atoms with van der Waals surface area (Å²) in [6.45, 7) is 31.3. The Hall–Kier alpha value is 4.00. The van der Waals surface area contributed by atoms with Crippen LogP contribution in [0.15, 0.2) is 0 Å². The van der Waals surface area contributed by atoms with Gasteiger partial charge in [-0.05, 0) is 0 Å². The molecule has 6 fully saturated rings. The van der Waals surface area contributed by atoms with Crippen molar-refractivity contribution in [1.82, 2.24) is 0 Å². The van der Waals surface area contributed by atoms with E-state index in [0.717, 1.165) is 13.7 Å². The Morgan fingerprint density at radius 1 is 0.759 bits per heavy atom. The topological polar surface area (TPSA) is 0 Å². The molecule has 0 nitrogen and oxygen atoms in total. The standard InChI is InChI=1S/C20H36I2P6Si/c1-14(2,3)13-23-18(15(4,5)6)25-19(16(7,8)9)28-20(17(10,11)12,29(19,28,21)22)27(25)26(18)24(13)28/h1-12H3/t18-,19-,20+,24-,25+,26-,27-,28?/m0/s1. The third-order valence-electron chi connectivity index (χ3n) is 8.81. The number of hydrogen-bond donors (Lipinski definition) is 0. The molecule has 1 unspecified atom stereocenters. The van der Waals surface area contributed by atoms with Crippen LogP contribution < -0.4 is 0 Å². The first-order chi connectivity index (χ1) is 12.6. The third kappa shape index (κ3) is 1.51. The van der Waals surface area contributed by atoms with Crippen LogP contribution in [0.2, 0.25) is 0 Å². The Labute approximate surface area is 211 Å². The summed E-state index contributed by atoms with van der Waals surface area (Å²) in [5.74, 6) is 0. The summed E-state index contributed by atoms with van der Waals surface area (Å²) in [6.07, 6.45) is 0. The predicted molar refractivity (Wildman–Crippen MR) is 166 cm³/mol. The van der Waals surface area contributed by atoms with Gasteiger partial charge in [0.2, 0.25) is 0 Å². The van der Waals surface area contributed by atoms with Crippen LogP contribution in [-0.4, -0.2) is 20.7 Å². The Morgan fingerprint density at radius 2 is 1.24 bits per heavy atom. The Kier molecular flexibility index (Phi) is 4.08. The molecule has 0 aromatic rings. The predicted octanol–water partition coefficient (Wildman–Crippen LogP) is 11.8.